The molecule has 1 amide bonds. The van der Waals surface area contributed by atoms with Gasteiger partial charge in [-0.25, -0.2) is 8.42 Å². The largest absolute Gasteiger partial charge is 0.352 e. The van der Waals surface area contributed by atoms with Crippen LogP contribution in [0.3, 0.4) is 0 Å². The second-order valence-electron chi connectivity index (χ2n) is 7.48. The summed E-state index contributed by atoms with van der Waals surface area (Å²) in [4.78, 5) is 15.0. The third-order valence-corrected chi connectivity index (χ3v) is 6.86. The van der Waals surface area contributed by atoms with Crippen molar-refractivity contribution < 1.29 is 13.2 Å². The summed E-state index contributed by atoms with van der Waals surface area (Å²) < 4.78 is 27.4. The first-order valence-electron chi connectivity index (χ1n) is 10.3. The van der Waals surface area contributed by atoms with Crippen molar-refractivity contribution in [3.05, 3.63) is 59.1 Å². The third-order valence-electron chi connectivity index (χ3n) is 5.16. The number of amides is 1. The Hall–Kier alpha value is -2.09. The first-order valence-corrected chi connectivity index (χ1v) is 12.2. The molecule has 3 rings (SSSR count). The molecule has 1 saturated heterocycles. The molecule has 1 fully saturated rings. The molecule has 0 bridgehead atoms. The molecule has 1 heterocycles. The minimum Gasteiger partial charge on any atom is -0.352 e. The minimum atomic E-state index is -3.74. The molecule has 0 saturated carbocycles. The molecular weight excluding hydrogens is 422 g/mol. The van der Waals surface area contributed by atoms with Gasteiger partial charge >= 0.3 is 0 Å². The van der Waals surface area contributed by atoms with Gasteiger partial charge in [-0.05, 0) is 69.2 Å². The van der Waals surface area contributed by atoms with Crippen LogP contribution in [0, 0.1) is 0 Å². The van der Waals surface area contributed by atoms with Crippen LogP contribution < -0.4 is 10.0 Å². The monoisotopic (exact) mass is 449 g/mol. The number of rotatable bonds is 8. The summed E-state index contributed by atoms with van der Waals surface area (Å²) >= 11 is 6.23. The number of likely N-dealkylation sites (tertiary alicyclic amines) is 1. The lowest BCUT2D eigenvalue weighted by Gasteiger charge is -2.19. The van der Waals surface area contributed by atoms with Crippen molar-refractivity contribution in [1.29, 1.82) is 0 Å². The molecule has 0 radical (unpaired) electrons. The molecule has 162 valence electrons. The Morgan fingerprint density at radius 1 is 1.00 bits per heavy atom. The van der Waals surface area contributed by atoms with E-state index in [1.165, 1.54) is 49.9 Å². The summed E-state index contributed by atoms with van der Waals surface area (Å²) in [5, 5.41) is 3.08. The maximum absolute atomic E-state index is 12.4. The highest BCUT2D eigenvalue weighted by atomic mass is 35.5. The maximum atomic E-state index is 12.4. The van der Waals surface area contributed by atoms with Crippen LogP contribution in [0.4, 0.5) is 5.69 Å². The van der Waals surface area contributed by atoms with E-state index in [0.29, 0.717) is 12.1 Å². The van der Waals surface area contributed by atoms with Crippen molar-refractivity contribution in [3.63, 3.8) is 0 Å². The lowest BCUT2D eigenvalue weighted by atomic mass is 10.2. The standard InChI is InChI=1S/C22H28ClN3O3S/c23-20-17-18(22(27)24-13-8-16-26-14-6-1-2-7-15-26)11-12-21(20)25-30(28,29)19-9-4-3-5-10-19/h3-5,9-12,17,25H,1-2,6-8,13-16H2,(H,24,27). The molecule has 6 nitrogen and oxygen atoms in total. The van der Waals surface area contributed by atoms with Crippen LogP contribution in [-0.2, 0) is 10.0 Å². The number of hydrogen-bond donors (Lipinski definition) is 2. The van der Waals surface area contributed by atoms with Gasteiger partial charge in [0.25, 0.3) is 15.9 Å². The van der Waals surface area contributed by atoms with Gasteiger partial charge in [-0.2, -0.15) is 0 Å². The molecule has 2 N–H and O–H groups in total. The van der Waals surface area contributed by atoms with Gasteiger partial charge in [-0.3, -0.25) is 9.52 Å². The number of anilines is 1. The van der Waals surface area contributed by atoms with Crippen molar-refractivity contribution in [3.8, 4) is 0 Å². The average Bonchev–Trinajstić information content (AvgIpc) is 3.02. The van der Waals surface area contributed by atoms with Gasteiger partial charge in [-0.1, -0.05) is 42.6 Å². The Morgan fingerprint density at radius 3 is 2.37 bits per heavy atom. The van der Waals surface area contributed by atoms with Crippen molar-refractivity contribution in [1.82, 2.24) is 10.2 Å². The summed E-state index contributed by atoms with van der Waals surface area (Å²) in [6.07, 6.45) is 6.03. The molecule has 0 atom stereocenters. The maximum Gasteiger partial charge on any atom is 0.261 e. The fraction of sp³-hybridized carbons (Fsp3) is 0.409. The summed E-state index contributed by atoms with van der Waals surface area (Å²) in [5.41, 5.74) is 0.635. The van der Waals surface area contributed by atoms with Crippen LogP contribution in [0.2, 0.25) is 5.02 Å². The smallest absolute Gasteiger partial charge is 0.261 e. The Morgan fingerprint density at radius 2 is 1.70 bits per heavy atom. The van der Waals surface area contributed by atoms with E-state index in [2.05, 4.69) is 14.9 Å². The second kappa shape index (κ2) is 10.8. The lowest BCUT2D eigenvalue weighted by Crippen LogP contribution is -2.30. The summed E-state index contributed by atoms with van der Waals surface area (Å²) in [6, 6.07) is 12.6. The topological polar surface area (TPSA) is 78.5 Å². The van der Waals surface area contributed by atoms with Crippen LogP contribution in [-0.4, -0.2) is 45.4 Å². The third kappa shape index (κ3) is 6.45. The lowest BCUT2D eigenvalue weighted by molar-refractivity contribution is 0.0951. The van der Waals surface area contributed by atoms with E-state index in [0.717, 1.165) is 26.1 Å². The van der Waals surface area contributed by atoms with Crippen LogP contribution in [0.5, 0.6) is 0 Å². The summed E-state index contributed by atoms with van der Waals surface area (Å²) in [5.74, 6) is -0.217. The van der Waals surface area contributed by atoms with Gasteiger partial charge in [0, 0.05) is 12.1 Å². The van der Waals surface area contributed by atoms with Crippen LogP contribution in [0.15, 0.2) is 53.4 Å². The Bertz CT molecular complexity index is 943. The Balaban J connectivity index is 1.52. The molecule has 0 spiro atoms. The molecule has 0 aromatic heterocycles. The van der Waals surface area contributed by atoms with Gasteiger partial charge in [0.2, 0.25) is 0 Å². The number of nitrogens with one attached hydrogen (secondary N) is 2. The van der Waals surface area contributed by atoms with Crippen molar-refractivity contribution >= 4 is 33.2 Å². The number of nitrogens with zero attached hydrogens (tertiary/aromatic N) is 1. The fourth-order valence-electron chi connectivity index (χ4n) is 3.51. The molecule has 1 aliphatic heterocycles. The predicted octanol–water partition coefficient (Wildman–Crippen LogP) is 4.14. The Kier molecular flexibility index (Phi) is 8.13. The van der Waals surface area contributed by atoms with Crippen LogP contribution in [0.1, 0.15) is 42.5 Å². The summed E-state index contributed by atoms with van der Waals surface area (Å²) in [7, 11) is -3.74. The van der Waals surface area contributed by atoms with Gasteiger partial charge in [-0.15, -0.1) is 0 Å². The molecule has 2 aromatic carbocycles. The normalized spacial score (nSPS) is 15.4. The molecule has 0 aliphatic carbocycles. The molecule has 0 unspecified atom stereocenters. The number of carbonyl (C=O) groups excluding carboxylic acids is 1. The zero-order valence-electron chi connectivity index (χ0n) is 16.9. The SMILES string of the molecule is O=C(NCCCN1CCCCCC1)c1ccc(NS(=O)(=O)c2ccccc2)c(Cl)c1. The highest BCUT2D eigenvalue weighted by Gasteiger charge is 2.16. The first kappa shape index (κ1) is 22.6. The molecular formula is C22H28ClN3O3S. The minimum absolute atomic E-state index is 0.146. The van der Waals surface area contributed by atoms with Gasteiger partial charge in [0.05, 0.1) is 15.6 Å². The van der Waals surface area contributed by atoms with E-state index in [4.69, 9.17) is 11.6 Å². The van der Waals surface area contributed by atoms with E-state index >= 15 is 0 Å². The van der Waals surface area contributed by atoms with Gasteiger partial charge in [0.15, 0.2) is 0 Å². The second-order valence-corrected chi connectivity index (χ2v) is 9.57. The number of sulfonamides is 1. The van der Waals surface area contributed by atoms with E-state index in [9.17, 15) is 13.2 Å². The van der Waals surface area contributed by atoms with E-state index in [1.807, 2.05) is 0 Å². The average molecular weight is 450 g/mol. The quantitative estimate of drug-likeness (QED) is 0.594. The number of hydrogen-bond acceptors (Lipinski definition) is 4. The van der Waals surface area contributed by atoms with Crippen LogP contribution in [0.25, 0.3) is 0 Å². The van der Waals surface area contributed by atoms with Crippen molar-refractivity contribution in [2.75, 3.05) is 30.9 Å². The zero-order chi connectivity index (χ0) is 21.4. The van der Waals surface area contributed by atoms with E-state index < -0.39 is 10.0 Å². The molecule has 2 aromatic rings. The number of benzene rings is 2. The molecule has 30 heavy (non-hydrogen) atoms. The number of halogens is 1. The fourth-order valence-corrected chi connectivity index (χ4v) is 4.89. The van der Waals surface area contributed by atoms with Crippen molar-refractivity contribution in [2.24, 2.45) is 0 Å². The highest BCUT2D eigenvalue weighted by molar-refractivity contribution is 7.92. The zero-order valence-corrected chi connectivity index (χ0v) is 18.5. The molecule has 1 aliphatic rings. The Labute approximate surface area is 183 Å². The van der Waals surface area contributed by atoms with E-state index in [-0.39, 0.29) is 21.5 Å². The predicted molar refractivity (Wildman–Crippen MR) is 121 cm³/mol. The van der Waals surface area contributed by atoms with Crippen molar-refractivity contribution in [2.45, 2.75) is 37.0 Å². The van der Waals surface area contributed by atoms with Gasteiger partial charge in [0.1, 0.15) is 0 Å². The highest BCUT2D eigenvalue weighted by Crippen LogP contribution is 2.26. The molecule has 8 heteroatoms. The first-order chi connectivity index (χ1) is 14.5. The number of carbonyl (C=O) groups is 1. The van der Waals surface area contributed by atoms with Gasteiger partial charge < -0.3 is 10.2 Å². The summed E-state index contributed by atoms with van der Waals surface area (Å²) in [6.45, 7) is 3.87. The van der Waals surface area contributed by atoms with Crippen LogP contribution >= 0.6 is 11.6 Å². The van der Waals surface area contributed by atoms with E-state index in [1.54, 1.807) is 24.3 Å².